The molecule has 0 aliphatic heterocycles. The Labute approximate surface area is 197 Å². The summed E-state index contributed by atoms with van der Waals surface area (Å²) in [7, 11) is 1.42. The lowest BCUT2D eigenvalue weighted by Gasteiger charge is -2.12. The van der Waals surface area contributed by atoms with E-state index >= 15 is 0 Å². The third-order valence-electron chi connectivity index (χ3n) is 5.07. The van der Waals surface area contributed by atoms with Gasteiger partial charge in [0.1, 0.15) is 18.6 Å². The number of aliphatic carboxylic acids is 1. The number of halogens is 3. The Kier molecular flexibility index (Phi) is 6.85. The van der Waals surface area contributed by atoms with Crippen LogP contribution in [-0.2, 0) is 17.5 Å². The number of carbonyl (C=O) groups is 1. The van der Waals surface area contributed by atoms with Crippen molar-refractivity contribution in [1.29, 1.82) is 0 Å². The zero-order valence-corrected chi connectivity index (χ0v) is 18.5. The van der Waals surface area contributed by atoms with E-state index in [1.807, 2.05) is 18.2 Å². The SMILES string of the molecule is COc1cc(-c2nc(C(F)(F)F)co2)ccc1OCCCOc1ccc2c(ccn2CC(=O)O)c1. The fourth-order valence-corrected chi connectivity index (χ4v) is 3.44. The van der Waals surface area contributed by atoms with Crippen LogP contribution >= 0.6 is 0 Å². The van der Waals surface area contributed by atoms with Crippen LogP contribution in [0, 0.1) is 0 Å². The van der Waals surface area contributed by atoms with Gasteiger partial charge in [0, 0.05) is 29.1 Å². The van der Waals surface area contributed by atoms with Crippen molar-refractivity contribution in [2.24, 2.45) is 0 Å². The van der Waals surface area contributed by atoms with E-state index in [9.17, 15) is 18.0 Å². The number of benzene rings is 2. The number of nitrogens with zero attached hydrogens (tertiary/aromatic N) is 2. The zero-order valence-electron chi connectivity index (χ0n) is 18.5. The van der Waals surface area contributed by atoms with Crippen molar-refractivity contribution in [3.8, 4) is 28.7 Å². The highest BCUT2D eigenvalue weighted by atomic mass is 19.4. The molecule has 0 radical (unpaired) electrons. The lowest BCUT2D eigenvalue weighted by atomic mass is 10.2. The Morgan fingerprint density at radius 2 is 1.89 bits per heavy atom. The number of rotatable bonds is 10. The van der Waals surface area contributed by atoms with Gasteiger partial charge in [0.15, 0.2) is 17.2 Å². The second-order valence-electron chi connectivity index (χ2n) is 7.51. The van der Waals surface area contributed by atoms with Crippen LogP contribution in [0.5, 0.6) is 17.2 Å². The molecule has 35 heavy (non-hydrogen) atoms. The van der Waals surface area contributed by atoms with Crippen molar-refractivity contribution in [1.82, 2.24) is 9.55 Å². The molecular weight excluding hydrogens is 469 g/mol. The molecule has 8 nitrogen and oxygen atoms in total. The minimum absolute atomic E-state index is 0.113. The zero-order chi connectivity index (χ0) is 25.0. The van der Waals surface area contributed by atoms with Crippen LogP contribution in [0.4, 0.5) is 13.2 Å². The third-order valence-corrected chi connectivity index (χ3v) is 5.07. The number of hydrogen-bond donors (Lipinski definition) is 1. The summed E-state index contributed by atoms with van der Waals surface area (Å²) in [5, 5.41) is 9.84. The molecule has 0 atom stereocenters. The van der Waals surface area contributed by atoms with E-state index in [0.29, 0.717) is 48.7 Å². The first-order chi connectivity index (χ1) is 16.7. The maximum atomic E-state index is 12.8. The van der Waals surface area contributed by atoms with Crippen LogP contribution in [-0.4, -0.2) is 41.0 Å². The second kappa shape index (κ2) is 10.00. The van der Waals surface area contributed by atoms with Crippen LogP contribution in [0.15, 0.2) is 59.3 Å². The average molecular weight is 490 g/mol. The molecule has 0 spiro atoms. The summed E-state index contributed by atoms with van der Waals surface area (Å²) in [6.45, 7) is 0.570. The molecule has 2 heterocycles. The van der Waals surface area contributed by atoms with Gasteiger partial charge >= 0.3 is 12.1 Å². The van der Waals surface area contributed by atoms with E-state index in [2.05, 4.69) is 4.98 Å². The molecule has 2 aromatic carbocycles. The molecule has 0 aliphatic carbocycles. The first-order valence-electron chi connectivity index (χ1n) is 10.5. The van der Waals surface area contributed by atoms with Crippen molar-refractivity contribution >= 4 is 16.9 Å². The largest absolute Gasteiger partial charge is 0.493 e. The van der Waals surface area contributed by atoms with Crippen LogP contribution in [0.2, 0.25) is 0 Å². The highest BCUT2D eigenvalue weighted by molar-refractivity contribution is 5.83. The summed E-state index contributed by atoms with van der Waals surface area (Å²) in [6, 6.07) is 11.8. The van der Waals surface area contributed by atoms with Gasteiger partial charge in [0.2, 0.25) is 5.89 Å². The normalized spacial score (nSPS) is 11.5. The highest BCUT2D eigenvalue weighted by Crippen LogP contribution is 2.35. The second-order valence-corrected chi connectivity index (χ2v) is 7.51. The number of fused-ring (bicyclic) bond motifs is 1. The monoisotopic (exact) mass is 490 g/mol. The number of hydrogen-bond acceptors (Lipinski definition) is 6. The maximum Gasteiger partial charge on any atom is 0.436 e. The van der Waals surface area contributed by atoms with Crippen LogP contribution in [0.3, 0.4) is 0 Å². The molecule has 0 saturated carbocycles. The summed E-state index contributed by atoms with van der Waals surface area (Å²) >= 11 is 0. The van der Waals surface area contributed by atoms with Crippen molar-refractivity contribution in [2.45, 2.75) is 19.1 Å². The predicted octanol–water partition coefficient (Wildman–Crippen LogP) is 5.26. The molecule has 0 aliphatic rings. The van der Waals surface area contributed by atoms with Crippen molar-refractivity contribution in [3.05, 3.63) is 60.6 Å². The standard InChI is InChI=1S/C24H21F3N2O6/c1-32-20-12-16(23-28-21(14-35-23)24(25,26)27)3-6-19(20)34-10-2-9-33-17-4-5-18-15(11-17)7-8-29(18)13-22(30)31/h3-8,11-12,14H,2,9-10,13H2,1H3,(H,30,31). The van der Waals surface area contributed by atoms with Gasteiger partial charge in [-0.2, -0.15) is 13.2 Å². The summed E-state index contributed by atoms with van der Waals surface area (Å²) in [4.78, 5) is 14.4. The van der Waals surface area contributed by atoms with Gasteiger partial charge in [0.05, 0.1) is 20.3 Å². The summed E-state index contributed by atoms with van der Waals surface area (Å²) < 4.78 is 61.6. The fourth-order valence-electron chi connectivity index (χ4n) is 3.44. The Hall–Kier alpha value is -4.15. The molecule has 1 N–H and O–H groups in total. The van der Waals surface area contributed by atoms with E-state index in [-0.39, 0.29) is 12.4 Å². The lowest BCUT2D eigenvalue weighted by molar-refractivity contribution is -0.141. The Morgan fingerprint density at radius 1 is 1.09 bits per heavy atom. The Balaban J connectivity index is 1.30. The van der Waals surface area contributed by atoms with E-state index in [0.717, 1.165) is 10.9 Å². The minimum atomic E-state index is -4.59. The number of methoxy groups -OCH3 is 1. The topological polar surface area (TPSA) is 96.0 Å². The maximum absolute atomic E-state index is 12.8. The first kappa shape index (κ1) is 24.0. The van der Waals surface area contributed by atoms with E-state index in [1.54, 1.807) is 22.9 Å². The van der Waals surface area contributed by atoms with Gasteiger partial charge < -0.3 is 28.3 Å². The molecule has 4 aromatic rings. The average Bonchev–Trinajstić information content (AvgIpc) is 3.46. The fraction of sp³-hybridized carbons (Fsp3) is 0.250. The van der Waals surface area contributed by atoms with Crippen molar-refractivity contribution in [3.63, 3.8) is 0 Å². The highest BCUT2D eigenvalue weighted by Gasteiger charge is 2.35. The summed E-state index contributed by atoms with van der Waals surface area (Å²) in [5.41, 5.74) is 0.0161. The molecule has 0 saturated heterocycles. The van der Waals surface area contributed by atoms with Crippen LogP contribution in [0.1, 0.15) is 12.1 Å². The van der Waals surface area contributed by atoms with E-state index < -0.39 is 17.8 Å². The van der Waals surface area contributed by atoms with Gasteiger partial charge in [0.25, 0.3) is 0 Å². The molecule has 11 heteroatoms. The summed E-state index contributed by atoms with van der Waals surface area (Å²) in [6.07, 6.45) is -1.76. The van der Waals surface area contributed by atoms with Crippen molar-refractivity contribution < 1.29 is 41.7 Å². The summed E-state index contributed by atoms with van der Waals surface area (Å²) in [5.74, 6) is 0.302. The molecule has 2 aromatic heterocycles. The van der Waals surface area contributed by atoms with E-state index in [1.165, 1.54) is 19.2 Å². The first-order valence-corrected chi connectivity index (χ1v) is 10.5. The minimum Gasteiger partial charge on any atom is -0.493 e. The van der Waals surface area contributed by atoms with Crippen molar-refractivity contribution in [2.75, 3.05) is 20.3 Å². The predicted molar refractivity (Wildman–Crippen MR) is 119 cm³/mol. The quantitative estimate of drug-likeness (QED) is 0.303. The molecule has 0 fully saturated rings. The van der Waals surface area contributed by atoms with Gasteiger partial charge in [-0.3, -0.25) is 4.79 Å². The number of carboxylic acids is 1. The molecule has 0 amide bonds. The van der Waals surface area contributed by atoms with Gasteiger partial charge in [-0.15, -0.1) is 0 Å². The Morgan fingerprint density at radius 3 is 2.60 bits per heavy atom. The van der Waals surface area contributed by atoms with E-state index in [4.69, 9.17) is 23.7 Å². The van der Waals surface area contributed by atoms with Crippen LogP contribution in [0.25, 0.3) is 22.4 Å². The molecule has 0 unspecified atom stereocenters. The van der Waals surface area contributed by atoms with Gasteiger partial charge in [-0.05, 0) is 42.5 Å². The Bertz CT molecular complexity index is 1330. The van der Waals surface area contributed by atoms with Gasteiger partial charge in [-0.25, -0.2) is 4.98 Å². The lowest BCUT2D eigenvalue weighted by Crippen LogP contribution is -2.07. The molecule has 184 valence electrons. The molecule has 4 rings (SSSR count). The molecular formula is C24H21F3N2O6. The number of alkyl halides is 3. The van der Waals surface area contributed by atoms with Gasteiger partial charge in [-0.1, -0.05) is 0 Å². The number of ether oxygens (including phenoxy) is 3. The number of oxazole rings is 1. The third kappa shape index (κ3) is 5.68. The molecule has 0 bridgehead atoms. The van der Waals surface area contributed by atoms with Crippen LogP contribution < -0.4 is 14.2 Å². The number of carboxylic acid groups (broad SMARTS) is 1. The number of aromatic nitrogens is 2. The smallest absolute Gasteiger partial charge is 0.436 e.